The van der Waals surface area contributed by atoms with E-state index in [2.05, 4.69) is 327 Å². The van der Waals surface area contributed by atoms with E-state index in [0.717, 1.165) is 95.4 Å². The average molecular weight is 1770 g/mol. The van der Waals surface area contributed by atoms with Gasteiger partial charge in [0.1, 0.15) is 5.82 Å². The lowest BCUT2D eigenvalue weighted by Crippen LogP contribution is -2.22. The molecule has 136 heavy (non-hydrogen) atoms. The molecule has 12 nitrogen and oxygen atoms in total. The van der Waals surface area contributed by atoms with Crippen LogP contribution in [-0.2, 0) is 17.3 Å². The molecule has 0 unspecified atom stereocenters. The topological polar surface area (TPSA) is 143 Å². The highest BCUT2D eigenvalue weighted by Crippen LogP contribution is 2.54. The van der Waals surface area contributed by atoms with Crippen molar-refractivity contribution in [3.05, 3.63) is 470 Å². The van der Waals surface area contributed by atoms with Crippen molar-refractivity contribution in [2.75, 3.05) is 0 Å². The Morgan fingerprint density at radius 1 is 0.301 bits per heavy atom. The number of aliphatic imine (C=N–C) groups is 1. The van der Waals surface area contributed by atoms with Crippen LogP contribution in [0.1, 0.15) is 61.1 Å². The minimum absolute atomic E-state index is 0.0726. The molecule has 17 aromatic carbocycles. The van der Waals surface area contributed by atoms with E-state index in [1.807, 2.05) is 163 Å². The summed E-state index contributed by atoms with van der Waals surface area (Å²) < 4.78 is 9.39. The second-order valence-corrected chi connectivity index (χ2v) is 36.9. The molecule has 7 aromatic heterocycles. The predicted molar refractivity (Wildman–Crippen MR) is 563 cm³/mol. The van der Waals surface area contributed by atoms with E-state index in [4.69, 9.17) is 45.6 Å². The van der Waals surface area contributed by atoms with Gasteiger partial charge in [-0.3, -0.25) is 9.13 Å². The van der Waals surface area contributed by atoms with Gasteiger partial charge < -0.3 is 10.3 Å². The first-order valence-corrected chi connectivity index (χ1v) is 46.9. The molecule has 0 radical (unpaired) electrons. The van der Waals surface area contributed by atoms with Crippen LogP contribution in [0.3, 0.4) is 0 Å². The molecule has 0 spiro atoms. The van der Waals surface area contributed by atoms with E-state index in [9.17, 15) is 0 Å². The van der Waals surface area contributed by atoms with E-state index in [0.29, 0.717) is 40.9 Å². The number of aromatic nitrogens is 10. The fraction of sp³-hybridized carbons (Fsp3) is 0.0569. The molecule has 0 atom stereocenters. The Hall–Kier alpha value is -17.3. The van der Waals surface area contributed by atoms with Crippen molar-refractivity contribution in [2.45, 2.75) is 44.9 Å². The molecule has 646 valence electrons. The predicted octanol–water partition coefficient (Wildman–Crippen LogP) is 30.2. The summed E-state index contributed by atoms with van der Waals surface area (Å²) in [7, 11) is 0. The van der Waals surface area contributed by atoms with Crippen molar-refractivity contribution < 1.29 is 0 Å². The zero-order chi connectivity index (χ0) is 91.1. The summed E-state index contributed by atoms with van der Waals surface area (Å²) >= 11 is 1.86. The van der Waals surface area contributed by atoms with Gasteiger partial charge in [0, 0.05) is 109 Å². The fourth-order valence-electron chi connectivity index (χ4n) is 20.3. The Morgan fingerprint density at radius 3 is 1.21 bits per heavy atom. The zero-order valence-corrected chi connectivity index (χ0v) is 76.0. The molecule has 2 aliphatic carbocycles. The van der Waals surface area contributed by atoms with Crippen molar-refractivity contribution in [1.82, 2.24) is 48.6 Å². The molecule has 13 heteroatoms. The van der Waals surface area contributed by atoms with Gasteiger partial charge >= 0.3 is 0 Å². The number of benzene rings is 17. The van der Waals surface area contributed by atoms with Gasteiger partial charge in [-0.1, -0.05) is 361 Å². The lowest BCUT2D eigenvalue weighted by Gasteiger charge is -2.21. The largest absolute Gasteiger partial charge is 0.369 e. The van der Waals surface area contributed by atoms with Crippen molar-refractivity contribution in [2.24, 2.45) is 10.7 Å². The van der Waals surface area contributed by atoms with E-state index >= 15 is 0 Å². The van der Waals surface area contributed by atoms with E-state index in [-0.39, 0.29) is 10.8 Å². The second-order valence-electron chi connectivity index (χ2n) is 35.9. The van der Waals surface area contributed by atoms with Crippen molar-refractivity contribution >= 4 is 109 Å². The summed E-state index contributed by atoms with van der Waals surface area (Å²) in [5, 5.41) is 9.89. The van der Waals surface area contributed by atoms with Crippen LogP contribution in [0.5, 0.6) is 0 Å². The first-order chi connectivity index (χ1) is 66.9. The van der Waals surface area contributed by atoms with Crippen molar-refractivity contribution in [3.63, 3.8) is 0 Å². The molecular weight excluding hydrogens is 1680 g/mol. The number of thiophene rings is 1. The van der Waals surface area contributed by atoms with Crippen LogP contribution in [0.2, 0.25) is 0 Å². The average Bonchev–Trinajstić information content (AvgIpc) is 1.55. The van der Waals surface area contributed by atoms with Crippen LogP contribution in [0.4, 0.5) is 0 Å². The number of fused-ring (bicyclic) bond motifs is 18. The van der Waals surface area contributed by atoms with E-state index in [1.165, 1.54) is 114 Å². The van der Waals surface area contributed by atoms with Crippen LogP contribution >= 0.6 is 11.3 Å². The maximum absolute atomic E-state index is 6.92. The molecule has 0 aliphatic heterocycles. The summed E-state index contributed by atoms with van der Waals surface area (Å²) in [6.45, 7) is 9.33. The first kappa shape index (κ1) is 81.9. The van der Waals surface area contributed by atoms with E-state index in [1.54, 1.807) is 0 Å². The number of para-hydroxylation sites is 3. The highest BCUT2D eigenvalue weighted by Gasteiger charge is 2.38. The van der Waals surface area contributed by atoms with Crippen LogP contribution in [0, 0.1) is 0 Å². The van der Waals surface area contributed by atoms with Gasteiger partial charge in [0.05, 0.1) is 38.8 Å². The molecular formula is C123H88N12S. The molecule has 0 saturated carbocycles. The summed E-state index contributed by atoms with van der Waals surface area (Å²) in [4.78, 5) is 39.5. The summed E-state index contributed by atoms with van der Waals surface area (Å²) in [6.07, 6.45) is 4.80. The van der Waals surface area contributed by atoms with Crippen molar-refractivity contribution in [3.8, 4) is 113 Å². The lowest BCUT2D eigenvalue weighted by atomic mass is 9.82. The Morgan fingerprint density at radius 2 is 0.691 bits per heavy atom. The maximum atomic E-state index is 6.92. The Labute approximate surface area is 790 Å². The molecule has 2 N–H and O–H groups in total. The normalized spacial score (nSPS) is 13.0. The minimum Gasteiger partial charge on any atom is -0.369 e. The number of rotatable bonds is 13. The summed E-state index contributed by atoms with van der Waals surface area (Å²) in [5.74, 6) is 5.12. The van der Waals surface area contributed by atoms with Crippen LogP contribution in [0.25, 0.3) is 204 Å². The molecule has 0 bridgehead atoms. The summed E-state index contributed by atoms with van der Waals surface area (Å²) in [5.41, 5.74) is 36.6. The SMILES string of the molecule is CC1(C)c2ccccc2-c2cc3c4ccccc4n(-c4ccc(-c5nc(-c6ccccc6)nc(-c6ccccc6)n5)cc4)c3cc21.CC1(C)c2ccccc2-c2cc3c4ccccc4n(-c4ccc(-c5nc(-c6ccccc6)nc(-c6ccccc6)n5)cn4)c3cc21.NC(=N/C(=C\Cc1ccccc1)c1ccccc1)n1c2ccccc2c2cc(-c3cccc4c3sc3ccccc34)ccc21. The maximum Gasteiger partial charge on any atom is 0.205 e. The van der Waals surface area contributed by atoms with Gasteiger partial charge in [-0.15, -0.1) is 11.3 Å². The highest BCUT2D eigenvalue weighted by molar-refractivity contribution is 7.26. The number of allylic oxidation sites excluding steroid dienone is 1. The number of hydrogen-bond donors (Lipinski definition) is 1. The highest BCUT2D eigenvalue weighted by atomic mass is 32.1. The van der Waals surface area contributed by atoms with Crippen LogP contribution in [-0.4, -0.2) is 54.5 Å². The fourth-order valence-corrected chi connectivity index (χ4v) is 21.6. The summed E-state index contributed by atoms with van der Waals surface area (Å²) in [6, 6.07) is 149. The van der Waals surface area contributed by atoms with Gasteiger partial charge in [-0.05, 0) is 170 Å². The first-order valence-electron chi connectivity index (χ1n) is 46.1. The van der Waals surface area contributed by atoms with Gasteiger partial charge in [-0.2, -0.15) is 0 Å². The zero-order valence-electron chi connectivity index (χ0n) is 75.2. The monoisotopic (exact) mass is 1760 g/mol. The molecule has 0 saturated heterocycles. The van der Waals surface area contributed by atoms with Crippen LogP contribution in [0.15, 0.2) is 442 Å². The Balaban J connectivity index is 0.000000112. The van der Waals surface area contributed by atoms with Gasteiger partial charge in [0.25, 0.3) is 0 Å². The number of nitrogens with two attached hydrogens (primary N) is 1. The molecule has 7 heterocycles. The third-order valence-electron chi connectivity index (χ3n) is 27.1. The van der Waals surface area contributed by atoms with E-state index < -0.39 is 0 Å². The van der Waals surface area contributed by atoms with Gasteiger partial charge in [0.15, 0.2) is 34.9 Å². The van der Waals surface area contributed by atoms with Gasteiger partial charge in [0.2, 0.25) is 5.96 Å². The Kier molecular flexibility index (Phi) is 20.4. The number of pyridine rings is 1. The van der Waals surface area contributed by atoms with Crippen LogP contribution < -0.4 is 5.73 Å². The quantitative estimate of drug-likeness (QED) is 0.0888. The molecule has 0 fully saturated rings. The van der Waals surface area contributed by atoms with Gasteiger partial charge in [-0.25, -0.2) is 39.9 Å². The standard InChI is InChI=1S/C42H30N4.C41H29N5.C40H29N3S/c1-42(2)35-19-11-9-17-31(35)33-25-34-32-18-10-12-20-37(32)46(38(34)26-36(33)42)30-23-21-29(22-24-30)41-44-39(27-13-5-3-6-14-27)43-40(45-41)28-15-7-4-8-16-28;1-41(2)33-19-11-9-17-29(33)31-23-32-30-18-10-12-20-35(30)46(36(32)24-34(31)41)37-22-21-28(25-42-37)40-44-38(26-13-5-3-6-14-26)43-39(45-40)27-15-7-4-8-16-27;41-40(42-35(28-14-5-2-6-15-28)24-22-27-12-3-1-4-13-27)43-36-20-9-7-16-31(36)34-26-29(23-25-37(34)43)30-18-11-19-33-32-17-8-10-21-38(32)44-39(30)33/h3-26H,1-2H3;3-25H,1-2H3;1-21,23-26H,22H2,(H2,41,42)/b;;35-24-. The third-order valence-corrected chi connectivity index (χ3v) is 28.3. The molecule has 24 aromatic rings. The molecule has 0 amide bonds. The molecule has 26 rings (SSSR count). The number of nitrogens with zero attached hydrogens (tertiary/aromatic N) is 11. The lowest BCUT2D eigenvalue weighted by molar-refractivity contribution is 0.661. The minimum atomic E-state index is -0.0930. The Bertz CT molecular complexity index is 8380. The number of hydrogen-bond acceptors (Lipinski definition) is 9. The van der Waals surface area contributed by atoms with Crippen molar-refractivity contribution in [1.29, 1.82) is 0 Å². The molecule has 2 aliphatic rings. The third kappa shape index (κ3) is 14.5. The smallest absolute Gasteiger partial charge is 0.205 e. The second kappa shape index (κ2) is 33.8.